The number of hydrogen-bond acceptors (Lipinski definition) is 14. The van der Waals surface area contributed by atoms with Crippen LogP contribution in [0.2, 0.25) is 0 Å². The number of unbranched alkanes of at least 4 members (excludes halogenated alkanes) is 1. The number of aliphatic carboxylic acids is 2. The van der Waals surface area contributed by atoms with Crippen LogP contribution in [-0.2, 0) is 38.4 Å². The van der Waals surface area contributed by atoms with Crippen molar-refractivity contribution >= 4 is 72.6 Å². The van der Waals surface area contributed by atoms with E-state index in [-0.39, 0.29) is 30.4 Å². The van der Waals surface area contributed by atoms with Crippen LogP contribution >= 0.6 is 25.3 Å². The minimum atomic E-state index is -1.73. The van der Waals surface area contributed by atoms with Gasteiger partial charge in [0.2, 0.25) is 35.4 Å². The first kappa shape index (κ1) is 48.3. The number of amides is 6. The molecule has 0 aromatic carbocycles. The topological polar surface area (TPSA) is 342 Å². The maximum atomic E-state index is 13.4. The van der Waals surface area contributed by atoms with Gasteiger partial charge in [-0.05, 0) is 52.0 Å². The fourth-order valence-corrected chi connectivity index (χ4v) is 4.87. The Labute approximate surface area is 312 Å². The number of nitrogens with one attached hydrogen (secondary N) is 6. The van der Waals surface area contributed by atoms with Gasteiger partial charge in [0.25, 0.3) is 0 Å². The van der Waals surface area contributed by atoms with Crippen LogP contribution in [0.15, 0.2) is 0 Å². The summed E-state index contributed by atoms with van der Waals surface area (Å²) in [5.41, 5.74) is 11.4. The molecule has 0 aliphatic carbocycles. The highest BCUT2D eigenvalue weighted by atomic mass is 32.1. The summed E-state index contributed by atoms with van der Waals surface area (Å²) in [5, 5.41) is 52.5. The highest BCUT2D eigenvalue weighted by Crippen LogP contribution is 2.07. The molecule has 52 heavy (non-hydrogen) atoms. The Morgan fingerprint density at radius 2 is 0.981 bits per heavy atom. The van der Waals surface area contributed by atoms with Crippen LogP contribution in [0.3, 0.4) is 0 Å². The summed E-state index contributed by atoms with van der Waals surface area (Å²) in [7, 11) is 0. The van der Waals surface area contributed by atoms with Crippen molar-refractivity contribution < 1.29 is 58.8 Å². The summed E-state index contributed by atoms with van der Waals surface area (Å²) in [4.78, 5) is 100. The molecular weight excluding hydrogens is 729 g/mol. The number of carboxylic acids is 2. The summed E-state index contributed by atoms with van der Waals surface area (Å²) in [5.74, 6) is -9.33. The van der Waals surface area contributed by atoms with E-state index in [0.717, 1.165) is 6.92 Å². The lowest BCUT2D eigenvalue weighted by molar-refractivity contribution is -0.144. The van der Waals surface area contributed by atoms with Crippen molar-refractivity contribution in [1.29, 1.82) is 0 Å². The predicted octanol–water partition coefficient (Wildman–Crippen LogP) is -4.42. The standard InChI is InChI=1S/C30H54N8O12S2/c1-13(2)21(32)27(46)38-23(15(4)40)28(47)33-16(7-5-6-10-31)24(43)35-18(11-51)25(44)36-19(12-52)26(45)37-22(14(3)39)29(48)34-17(30(49)50)8-9-20(41)42/h13-19,21-23,39-40,51-52H,5-12,31-32H2,1-4H3,(H,33,47)(H,34,48)(H,35,43)(H,36,44)(H,37,45)(H,38,46)(H,41,42)(H,49,50)/t14-,15-,16+,17+,18+,19+,21+,22+,23+/m1/s1. The van der Waals surface area contributed by atoms with Gasteiger partial charge in [0.15, 0.2) is 0 Å². The van der Waals surface area contributed by atoms with Crippen molar-refractivity contribution in [3.8, 4) is 0 Å². The monoisotopic (exact) mass is 782 g/mol. The van der Waals surface area contributed by atoms with Crippen molar-refractivity contribution in [2.75, 3.05) is 18.1 Å². The number of aliphatic hydroxyl groups excluding tert-OH is 2. The molecule has 0 saturated heterocycles. The zero-order chi connectivity index (χ0) is 40.3. The van der Waals surface area contributed by atoms with Crippen molar-refractivity contribution in [2.24, 2.45) is 17.4 Å². The molecule has 22 heteroatoms. The van der Waals surface area contributed by atoms with E-state index in [4.69, 9.17) is 16.6 Å². The molecule has 9 atom stereocenters. The van der Waals surface area contributed by atoms with Gasteiger partial charge in [0.1, 0.15) is 36.3 Å². The number of hydrogen-bond donors (Lipinski definition) is 14. The number of carboxylic acid groups (broad SMARTS) is 2. The molecule has 0 bridgehead atoms. The summed E-state index contributed by atoms with van der Waals surface area (Å²) < 4.78 is 0. The second-order valence-electron chi connectivity index (χ2n) is 12.4. The number of aliphatic hydroxyl groups is 2. The Morgan fingerprint density at radius 3 is 1.37 bits per heavy atom. The Morgan fingerprint density at radius 1 is 0.577 bits per heavy atom. The van der Waals surface area contributed by atoms with Crippen LogP contribution in [-0.4, -0.2) is 140 Å². The molecule has 0 aliphatic heterocycles. The summed E-state index contributed by atoms with van der Waals surface area (Å²) in [6.07, 6.45) is -3.14. The van der Waals surface area contributed by atoms with Crippen molar-refractivity contribution in [3.63, 3.8) is 0 Å². The van der Waals surface area contributed by atoms with E-state index in [2.05, 4.69) is 57.2 Å². The molecule has 0 radical (unpaired) electrons. The van der Waals surface area contributed by atoms with Crippen molar-refractivity contribution in [3.05, 3.63) is 0 Å². The highest BCUT2D eigenvalue weighted by molar-refractivity contribution is 7.80. The molecule has 0 heterocycles. The lowest BCUT2D eigenvalue weighted by Gasteiger charge is -2.28. The van der Waals surface area contributed by atoms with E-state index in [9.17, 15) is 53.7 Å². The number of rotatable bonds is 25. The molecule has 14 N–H and O–H groups in total. The quantitative estimate of drug-likeness (QED) is 0.0307. The maximum Gasteiger partial charge on any atom is 0.326 e. The SMILES string of the molecule is CC(C)[C@H](N)C(=O)N[C@H](C(=O)N[C@@H](CCCCN)C(=O)N[C@@H](CS)C(=O)N[C@@H](CS)C(=O)N[C@H](C(=O)N[C@@H](CCC(=O)O)C(=O)O)[C@@H](C)O)[C@@H](C)O. The van der Waals surface area contributed by atoms with Crippen LogP contribution in [0.1, 0.15) is 59.8 Å². The third-order valence-electron chi connectivity index (χ3n) is 7.62. The Hall–Kier alpha value is -3.70. The molecule has 0 fully saturated rings. The molecule has 0 aromatic heterocycles. The molecule has 0 spiro atoms. The average molecular weight is 783 g/mol. The minimum absolute atomic E-state index is 0.0468. The molecule has 0 rings (SSSR count). The fraction of sp³-hybridized carbons (Fsp3) is 0.733. The van der Waals surface area contributed by atoms with Gasteiger partial charge in [0.05, 0.1) is 18.2 Å². The fourth-order valence-electron chi connectivity index (χ4n) is 4.36. The van der Waals surface area contributed by atoms with Crippen LogP contribution in [0.5, 0.6) is 0 Å². The van der Waals surface area contributed by atoms with Crippen LogP contribution < -0.4 is 43.4 Å². The van der Waals surface area contributed by atoms with E-state index in [0.29, 0.717) is 12.8 Å². The number of carbonyl (C=O) groups is 8. The second-order valence-corrected chi connectivity index (χ2v) is 13.1. The third-order valence-corrected chi connectivity index (χ3v) is 8.35. The van der Waals surface area contributed by atoms with E-state index >= 15 is 0 Å². The van der Waals surface area contributed by atoms with E-state index in [1.807, 2.05) is 0 Å². The van der Waals surface area contributed by atoms with Gasteiger partial charge in [-0.1, -0.05) is 13.8 Å². The highest BCUT2D eigenvalue weighted by Gasteiger charge is 2.35. The zero-order valence-corrected chi connectivity index (χ0v) is 31.3. The van der Waals surface area contributed by atoms with Crippen LogP contribution in [0.4, 0.5) is 0 Å². The number of thiol groups is 2. The van der Waals surface area contributed by atoms with Gasteiger partial charge < -0.3 is 63.8 Å². The van der Waals surface area contributed by atoms with Crippen molar-refractivity contribution in [1.82, 2.24) is 31.9 Å². The number of carbonyl (C=O) groups excluding carboxylic acids is 6. The first-order valence-corrected chi connectivity index (χ1v) is 17.8. The second kappa shape index (κ2) is 24.5. The average Bonchev–Trinajstić information content (AvgIpc) is 3.06. The lowest BCUT2D eigenvalue weighted by Crippen LogP contribution is -2.62. The normalized spacial score (nSPS) is 16.4. The van der Waals surface area contributed by atoms with Gasteiger partial charge >= 0.3 is 11.9 Å². The third kappa shape index (κ3) is 17.2. The van der Waals surface area contributed by atoms with E-state index in [1.165, 1.54) is 6.92 Å². The molecule has 0 aliphatic rings. The first-order chi connectivity index (χ1) is 24.2. The maximum absolute atomic E-state index is 13.4. The van der Waals surface area contributed by atoms with Gasteiger partial charge in [-0.2, -0.15) is 25.3 Å². The molecule has 0 aromatic rings. The molecule has 6 amide bonds. The summed E-state index contributed by atoms with van der Waals surface area (Å²) in [6.45, 7) is 6.04. The minimum Gasteiger partial charge on any atom is -0.481 e. The van der Waals surface area contributed by atoms with Gasteiger partial charge in [-0.25, -0.2) is 4.79 Å². The van der Waals surface area contributed by atoms with Crippen LogP contribution in [0.25, 0.3) is 0 Å². The van der Waals surface area contributed by atoms with Crippen molar-refractivity contribution in [2.45, 2.75) is 114 Å². The zero-order valence-electron chi connectivity index (χ0n) is 29.5. The predicted molar refractivity (Wildman–Crippen MR) is 193 cm³/mol. The number of nitrogens with two attached hydrogens (primary N) is 2. The molecule has 298 valence electrons. The Kier molecular flexibility index (Phi) is 22.8. The Balaban J connectivity index is 5.84. The van der Waals surface area contributed by atoms with Crippen LogP contribution in [0, 0.1) is 5.92 Å². The molecular formula is C30H54N8O12S2. The molecule has 0 unspecified atom stereocenters. The lowest BCUT2D eigenvalue weighted by atomic mass is 10.0. The van der Waals surface area contributed by atoms with Gasteiger partial charge in [-0.3, -0.25) is 33.6 Å². The summed E-state index contributed by atoms with van der Waals surface area (Å²) >= 11 is 8.17. The van der Waals surface area contributed by atoms with Gasteiger partial charge in [0, 0.05) is 17.9 Å². The first-order valence-electron chi connectivity index (χ1n) is 16.5. The van der Waals surface area contributed by atoms with E-state index < -0.39 is 115 Å². The molecule has 0 saturated carbocycles. The van der Waals surface area contributed by atoms with E-state index in [1.54, 1.807) is 13.8 Å². The molecule has 20 nitrogen and oxygen atoms in total. The largest absolute Gasteiger partial charge is 0.481 e. The Bertz CT molecular complexity index is 1240. The smallest absolute Gasteiger partial charge is 0.326 e. The van der Waals surface area contributed by atoms with Gasteiger partial charge in [-0.15, -0.1) is 0 Å². The summed E-state index contributed by atoms with van der Waals surface area (Å²) in [6, 6.07) is -9.96.